The average Bonchev–Trinajstić information content (AvgIpc) is 3.15. The number of carbonyl (C=O) groups excluding carboxylic acids is 2. The zero-order valence-corrected chi connectivity index (χ0v) is 16.5. The molecular formula is C20H23N3O3S. The second kappa shape index (κ2) is 8.43. The summed E-state index contributed by atoms with van der Waals surface area (Å²) in [5, 5.41) is 2.93. The molecule has 1 aliphatic rings. The van der Waals surface area contributed by atoms with Crippen molar-refractivity contribution in [2.24, 2.45) is 0 Å². The van der Waals surface area contributed by atoms with E-state index in [1.54, 1.807) is 35.0 Å². The molecule has 1 aliphatic heterocycles. The van der Waals surface area contributed by atoms with Gasteiger partial charge in [-0.1, -0.05) is 6.07 Å². The highest BCUT2D eigenvalue weighted by Crippen LogP contribution is 2.27. The Balaban J connectivity index is 1.77. The predicted molar refractivity (Wildman–Crippen MR) is 107 cm³/mol. The van der Waals surface area contributed by atoms with Gasteiger partial charge in [-0.25, -0.2) is 4.98 Å². The van der Waals surface area contributed by atoms with Gasteiger partial charge in [-0.05, 0) is 56.2 Å². The summed E-state index contributed by atoms with van der Waals surface area (Å²) in [6, 6.07) is 8.64. The third kappa shape index (κ3) is 4.24. The molecule has 1 aromatic carbocycles. The van der Waals surface area contributed by atoms with Crippen LogP contribution in [0, 0.1) is 13.8 Å². The zero-order valence-electron chi connectivity index (χ0n) is 15.7. The maximum atomic E-state index is 13.0. The lowest BCUT2D eigenvalue weighted by Gasteiger charge is -2.24. The molecule has 1 atom stereocenters. The van der Waals surface area contributed by atoms with Crippen LogP contribution in [0.2, 0.25) is 0 Å². The van der Waals surface area contributed by atoms with Crippen LogP contribution in [0.1, 0.15) is 28.4 Å². The summed E-state index contributed by atoms with van der Waals surface area (Å²) >= 11 is 1.56. The Hall–Kier alpha value is -2.54. The number of hydrogen-bond acceptors (Lipinski definition) is 5. The van der Waals surface area contributed by atoms with Crippen LogP contribution in [0.25, 0.3) is 0 Å². The first-order chi connectivity index (χ1) is 13.0. The minimum atomic E-state index is -0.529. The minimum Gasteiger partial charge on any atom is -0.477 e. The van der Waals surface area contributed by atoms with E-state index in [1.807, 2.05) is 39.0 Å². The number of ether oxygens (including phenoxy) is 1. The molecular weight excluding hydrogens is 362 g/mol. The van der Waals surface area contributed by atoms with Crippen molar-refractivity contribution >= 4 is 29.3 Å². The van der Waals surface area contributed by atoms with Crippen molar-refractivity contribution in [1.29, 1.82) is 0 Å². The van der Waals surface area contributed by atoms with Gasteiger partial charge in [-0.3, -0.25) is 9.59 Å². The van der Waals surface area contributed by atoms with Crippen LogP contribution >= 0.6 is 11.8 Å². The topological polar surface area (TPSA) is 71.5 Å². The van der Waals surface area contributed by atoms with Gasteiger partial charge in [-0.15, -0.1) is 11.8 Å². The van der Waals surface area contributed by atoms with Crippen molar-refractivity contribution < 1.29 is 14.3 Å². The van der Waals surface area contributed by atoms with E-state index in [0.717, 1.165) is 11.3 Å². The summed E-state index contributed by atoms with van der Waals surface area (Å²) in [4.78, 5) is 31.5. The summed E-state index contributed by atoms with van der Waals surface area (Å²) in [5.74, 6) is 0.905. The summed E-state index contributed by atoms with van der Waals surface area (Å²) in [7, 11) is 0. The van der Waals surface area contributed by atoms with E-state index in [9.17, 15) is 9.59 Å². The van der Waals surface area contributed by atoms with Gasteiger partial charge in [0.2, 0.25) is 11.8 Å². The van der Waals surface area contributed by atoms with Crippen LogP contribution in [-0.2, 0) is 4.79 Å². The number of carbonyl (C=O) groups is 2. The van der Waals surface area contributed by atoms with Crippen molar-refractivity contribution in [3.8, 4) is 5.88 Å². The lowest BCUT2D eigenvalue weighted by atomic mass is 10.1. The second-order valence-electron chi connectivity index (χ2n) is 6.37. The molecule has 3 rings (SSSR count). The van der Waals surface area contributed by atoms with Gasteiger partial charge >= 0.3 is 0 Å². The first-order valence-electron chi connectivity index (χ1n) is 8.86. The van der Waals surface area contributed by atoms with Gasteiger partial charge in [0.25, 0.3) is 5.91 Å². The predicted octanol–water partition coefficient (Wildman–Crippen LogP) is 3.25. The van der Waals surface area contributed by atoms with Crippen LogP contribution in [0.3, 0.4) is 0 Å². The number of anilines is 1. The standard InChI is InChI=1S/C20H23N3O3S/c1-4-26-19-16(6-5-9-21-19)20(25)23-12-27-11-17(23)18(24)22-15-8-7-13(2)14(3)10-15/h5-10,17H,4,11-12H2,1-3H3,(H,22,24). The Morgan fingerprint density at radius 2 is 2.11 bits per heavy atom. The smallest absolute Gasteiger partial charge is 0.260 e. The first kappa shape index (κ1) is 19.2. The third-order valence-electron chi connectivity index (χ3n) is 4.50. The van der Waals surface area contributed by atoms with E-state index in [0.29, 0.717) is 29.7 Å². The number of nitrogens with zero attached hydrogens (tertiary/aromatic N) is 2. The first-order valence-corrected chi connectivity index (χ1v) is 10.0. The molecule has 2 aromatic rings. The number of hydrogen-bond donors (Lipinski definition) is 1. The maximum absolute atomic E-state index is 13.0. The van der Waals surface area contributed by atoms with Gasteiger partial charge in [0.15, 0.2) is 0 Å². The second-order valence-corrected chi connectivity index (χ2v) is 7.37. The highest BCUT2D eigenvalue weighted by atomic mass is 32.2. The molecule has 1 unspecified atom stereocenters. The van der Waals surface area contributed by atoms with E-state index >= 15 is 0 Å². The Morgan fingerprint density at radius 3 is 2.85 bits per heavy atom. The Kier molecular flexibility index (Phi) is 6.01. The van der Waals surface area contributed by atoms with Crippen molar-refractivity contribution in [3.63, 3.8) is 0 Å². The molecule has 0 aliphatic carbocycles. The molecule has 2 amide bonds. The molecule has 1 N–H and O–H groups in total. The molecule has 27 heavy (non-hydrogen) atoms. The maximum Gasteiger partial charge on any atom is 0.260 e. The number of pyridine rings is 1. The Morgan fingerprint density at radius 1 is 1.30 bits per heavy atom. The largest absolute Gasteiger partial charge is 0.477 e. The Bertz CT molecular complexity index is 856. The van der Waals surface area contributed by atoms with Crippen LogP contribution < -0.4 is 10.1 Å². The van der Waals surface area contributed by atoms with Gasteiger partial charge in [0, 0.05) is 17.6 Å². The summed E-state index contributed by atoms with van der Waals surface area (Å²) in [5.41, 5.74) is 3.40. The molecule has 6 nitrogen and oxygen atoms in total. The summed E-state index contributed by atoms with van der Waals surface area (Å²) in [6.07, 6.45) is 1.59. The van der Waals surface area contributed by atoms with E-state index in [-0.39, 0.29) is 11.8 Å². The quantitative estimate of drug-likeness (QED) is 0.855. The molecule has 7 heteroatoms. The number of thioether (sulfide) groups is 1. The third-order valence-corrected chi connectivity index (χ3v) is 5.52. The highest BCUT2D eigenvalue weighted by molar-refractivity contribution is 7.99. The van der Waals surface area contributed by atoms with Crippen LogP contribution in [-0.4, -0.2) is 46.0 Å². The van der Waals surface area contributed by atoms with E-state index in [4.69, 9.17) is 4.74 Å². The van der Waals surface area contributed by atoms with Gasteiger partial charge in [0.1, 0.15) is 11.6 Å². The lowest BCUT2D eigenvalue weighted by Crippen LogP contribution is -2.44. The Labute approximate surface area is 163 Å². The highest BCUT2D eigenvalue weighted by Gasteiger charge is 2.36. The minimum absolute atomic E-state index is 0.182. The fraction of sp³-hybridized carbons (Fsp3) is 0.350. The molecule has 0 saturated carbocycles. The van der Waals surface area contributed by atoms with E-state index < -0.39 is 6.04 Å². The zero-order chi connectivity index (χ0) is 19.4. The van der Waals surface area contributed by atoms with Crippen LogP contribution in [0.5, 0.6) is 5.88 Å². The number of amides is 2. The fourth-order valence-electron chi connectivity index (χ4n) is 2.86. The van der Waals surface area contributed by atoms with Crippen molar-refractivity contribution in [2.75, 3.05) is 23.6 Å². The summed E-state index contributed by atoms with van der Waals surface area (Å²) in [6.45, 7) is 6.29. The SMILES string of the molecule is CCOc1ncccc1C(=O)N1CSCC1C(=O)Nc1ccc(C)c(C)c1. The lowest BCUT2D eigenvalue weighted by molar-refractivity contribution is -0.119. The average molecular weight is 385 g/mol. The van der Waals surface area contributed by atoms with E-state index in [2.05, 4.69) is 10.3 Å². The molecule has 0 radical (unpaired) electrons. The van der Waals surface area contributed by atoms with E-state index in [1.165, 1.54) is 5.56 Å². The van der Waals surface area contributed by atoms with Crippen LogP contribution in [0.4, 0.5) is 5.69 Å². The fourth-order valence-corrected chi connectivity index (χ4v) is 4.02. The molecule has 2 heterocycles. The molecule has 1 saturated heterocycles. The molecule has 0 spiro atoms. The molecule has 142 valence electrons. The normalized spacial score (nSPS) is 16.3. The molecule has 1 aromatic heterocycles. The monoisotopic (exact) mass is 385 g/mol. The molecule has 1 fully saturated rings. The molecule has 0 bridgehead atoms. The number of benzene rings is 1. The number of rotatable bonds is 5. The van der Waals surface area contributed by atoms with Gasteiger partial charge in [0.05, 0.1) is 12.5 Å². The summed E-state index contributed by atoms with van der Waals surface area (Å²) < 4.78 is 5.47. The van der Waals surface area contributed by atoms with Crippen molar-refractivity contribution in [1.82, 2.24) is 9.88 Å². The number of aryl methyl sites for hydroxylation is 2. The van der Waals surface area contributed by atoms with Crippen molar-refractivity contribution in [2.45, 2.75) is 26.8 Å². The van der Waals surface area contributed by atoms with Crippen LogP contribution in [0.15, 0.2) is 36.5 Å². The number of nitrogens with one attached hydrogen (secondary N) is 1. The number of aromatic nitrogens is 1. The van der Waals surface area contributed by atoms with Crippen molar-refractivity contribution in [3.05, 3.63) is 53.2 Å². The van der Waals surface area contributed by atoms with Gasteiger partial charge in [-0.2, -0.15) is 0 Å². The van der Waals surface area contributed by atoms with Gasteiger partial charge < -0.3 is 15.0 Å².